The molecule has 0 unspecified atom stereocenters. The van der Waals surface area contributed by atoms with Crippen LogP contribution in [0.1, 0.15) is 0 Å². The molecule has 1 N–H and O–H groups in total. The maximum atomic E-state index is 8.12. The lowest BCUT2D eigenvalue weighted by atomic mass is 10.1. The number of benzene rings is 1. The SMILES string of the molecule is O=C=O.c1cncc(-c2ccc(Oc3cn[nH]n3)cc2)c1. The second-order valence-corrected chi connectivity index (χ2v) is 3.76. The van der Waals surface area contributed by atoms with Gasteiger partial charge in [0, 0.05) is 12.4 Å². The zero-order chi connectivity index (χ0) is 14.9. The molecular formula is C14H10N4O3. The van der Waals surface area contributed by atoms with E-state index in [1.165, 1.54) is 6.20 Å². The van der Waals surface area contributed by atoms with Crippen LogP contribution >= 0.6 is 0 Å². The van der Waals surface area contributed by atoms with E-state index in [4.69, 9.17) is 14.3 Å². The second kappa shape index (κ2) is 7.32. The Morgan fingerprint density at radius 1 is 1.00 bits per heavy atom. The van der Waals surface area contributed by atoms with E-state index in [1.54, 1.807) is 6.20 Å². The number of carbonyl (C=O) groups excluding carboxylic acids is 2. The second-order valence-electron chi connectivity index (χ2n) is 3.76. The summed E-state index contributed by atoms with van der Waals surface area (Å²) >= 11 is 0. The fourth-order valence-corrected chi connectivity index (χ4v) is 1.61. The number of H-pyrrole nitrogens is 1. The summed E-state index contributed by atoms with van der Waals surface area (Å²) in [6.07, 6.45) is 5.36. The van der Waals surface area contributed by atoms with Gasteiger partial charge in [-0.05, 0) is 29.3 Å². The molecule has 0 aliphatic carbocycles. The van der Waals surface area contributed by atoms with Gasteiger partial charge in [0.2, 0.25) is 0 Å². The molecule has 0 bridgehead atoms. The zero-order valence-corrected chi connectivity index (χ0v) is 10.8. The number of hydrogen-bond acceptors (Lipinski definition) is 6. The summed E-state index contributed by atoms with van der Waals surface area (Å²) in [5.41, 5.74) is 2.17. The topological polar surface area (TPSA) is 97.8 Å². The number of nitrogens with one attached hydrogen (secondary N) is 1. The Morgan fingerprint density at radius 3 is 2.33 bits per heavy atom. The molecule has 0 atom stereocenters. The van der Waals surface area contributed by atoms with Gasteiger partial charge in [-0.15, -0.1) is 5.10 Å². The van der Waals surface area contributed by atoms with Crippen LogP contribution in [0.3, 0.4) is 0 Å². The largest absolute Gasteiger partial charge is 0.436 e. The number of aromatic amines is 1. The summed E-state index contributed by atoms with van der Waals surface area (Å²) < 4.78 is 5.49. The molecule has 0 spiro atoms. The molecule has 7 heteroatoms. The molecule has 0 radical (unpaired) electrons. The highest BCUT2D eigenvalue weighted by atomic mass is 16.5. The van der Waals surface area contributed by atoms with E-state index in [9.17, 15) is 0 Å². The van der Waals surface area contributed by atoms with Crippen molar-refractivity contribution in [2.45, 2.75) is 0 Å². The minimum Gasteiger partial charge on any atom is -0.436 e. The van der Waals surface area contributed by atoms with Crippen molar-refractivity contribution in [3.05, 3.63) is 55.0 Å². The molecule has 2 heterocycles. The van der Waals surface area contributed by atoms with E-state index < -0.39 is 0 Å². The summed E-state index contributed by atoms with van der Waals surface area (Å²) in [4.78, 5) is 20.3. The lowest BCUT2D eigenvalue weighted by molar-refractivity contribution is -0.191. The van der Waals surface area contributed by atoms with Crippen LogP contribution in [0.4, 0.5) is 0 Å². The fraction of sp³-hybridized carbons (Fsp3) is 0. The molecule has 0 amide bonds. The van der Waals surface area contributed by atoms with Gasteiger partial charge in [0.05, 0.1) is 0 Å². The van der Waals surface area contributed by atoms with Crippen molar-refractivity contribution in [2.24, 2.45) is 0 Å². The van der Waals surface area contributed by atoms with Crippen LogP contribution in [-0.4, -0.2) is 26.5 Å². The minimum atomic E-state index is 0.250. The monoisotopic (exact) mass is 282 g/mol. The van der Waals surface area contributed by atoms with E-state index in [-0.39, 0.29) is 6.15 Å². The molecule has 1 aromatic carbocycles. The average Bonchev–Trinajstić information content (AvgIpc) is 3.03. The number of hydrogen-bond donors (Lipinski definition) is 1. The Labute approximate surface area is 119 Å². The van der Waals surface area contributed by atoms with Gasteiger partial charge >= 0.3 is 6.15 Å². The van der Waals surface area contributed by atoms with Crippen molar-refractivity contribution in [3.8, 4) is 22.8 Å². The Kier molecular flexibility index (Phi) is 4.92. The average molecular weight is 282 g/mol. The fourth-order valence-electron chi connectivity index (χ4n) is 1.61. The Hall–Kier alpha value is -3.31. The van der Waals surface area contributed by atoms with Gasteiger partial charge in [0.25, 0.3) is 5.88 Å². The van der Waals surface area contributed by atoms with Crippen molar-refractivity contribution in [1.29, 1.82) is 0 Å². The van der Waals surface area contributed by atoms with E-state index in [0.29, 0.717) is 5.88 Å². The first kappa shape index (κ1) is 14.1. The van der Waals surface area contributed by atoms with Crippen molar-refractivity contribution < 1.29 is 14.3 Å². The number of nitrogens with zero attached hydrogens (tertiary/aromatic N) is 3. The summed E-state index contributed by atoms with van der Waals surface area (Å²) in [5, 5.41) is 9.99. The Morgan fingerprint density at radius 2 is 1.76 bits per heavy atom. The summed E-state index contributed by atoms with van der Waals surface area (Å²) in [7, 11) is 0. The molecule has 0 fully saturated rings. The molecule has 7 nitrogen and oxygen atoms in total. The predicted octanol–water partition coefficient (Wildman–Crippen LogP) is 2.08. The first-order valence-corrected chi connectivity index (χ1v) is 5.87. The quantitative estimate of drug-likeness (QED) is 0.789. The number of aromatic nitrogens is 4. The molecule has 2 aromatic heterocycles. The van der Waals surface area contributed by atoms with Gasteiger partial charge < -0.3 is 4.74 Å². The van der Waals surface area contributed by atoms with Crippen molar-refractivity contribution in [3.63, 3.8) is 0 Å². The van der Waals surface area contributed by atoms with Crippen molar-refractivity contribution in [1.82, 2.24) is 20.4 Å². The molecule has 3 rings (SSSR count). The van der Waals surface area contributed by atoms with Gasteiger partial charge in [-0.1, -0.05) is 18.2 Å². The van der Waals surface area contributed by atoms with Gasteiger partial charge in [0.15, 0.2) is 0 Å². The number of ether oxygens (including phenoxy) is 1. The predicted molar refractivity (Wildman–Crippen MR) is 71.1 cm³/mol. The van der Waals surface area contributed by atoms with E-state index in [1.807, 2.05) is 42.6 Å². The zero-order valence-electron chi connectivity index (χ0n) is 10.8. The smallest absolute Gasteiger partial charge is 0.373 e. The highest BCUT2D eigenvalue weighted by Gasteiger charge is 2.01. The van der Waals surface area contributed by atoms with Gasteiger partial charge in [-0.2, -0.15) is 19.9 Å². The maximum absolute atomic E-state index is 8.12. The third-order valence-electron chi connectivity index (χ3n) is 2.46. The molecule has 3 aromatic rings. The Bertz CT molecular complexity index is 691. The minimum absolute atomic E-state index is 0.250. The van der Waals surface area contributed by atoms with Gasteiger partial charge in [-0.25, -0.2) is 0 Å². The van der Waals surface area contributed by atoms with Gasteiger partial charge in [0.1, 0.15) is 11.9 Å². The van der Waals surface area contributed by atoms with Crippen molar-refractivity contribution >= 4 is 6.15 Å². The van der Waals surface area contributed by atoms with Crippen LogP contribution in [0.15, 0.2) is 55.0 Å². The van der Waals surface area contributed by atoms with Crippen LogP contribution < -0.4 is 4.74 Å². The molecule has 104 valence electrons. The number of rotatable bonds is 3. The van der Waals surface area contributed by atoms with Crippen LogP contribution in [0.2, 0.25) is 0 Å². The van der Waals surface area contributed by atoms with Crippen LogP contribution in [-0.2, 0) is 9.59 Å². The maximum Gasteiger partial charge on any atom is 0.373 e. The molecule has 0 aliphatic heterocycles. The van der Waals surface area contributed by atoms with Gasteiger partial charge in [-0.3, -0.25) is 4.98 Å². The molecular weight excluding hydrogens is 272 g/mol. The molecule has 0 saturated carbocycles. The van der Waals surface area contributed by atoms with E-state index in [0.717, 1.165) is 16.9 Å². The third kappa shape index (κ3) is 4.09. The van der Waals surface area contributed by atoms with Crippen LogP contribution in [0.5, 0.6) is 11.6 Å². The Balaban J connectivity index is 0.000000497. The first-order chi connectivity index (χ1) is 10.3. The summed E-state index contributed by atoms with van der Waals surface area (Å²) in [6, 6.07) is 11.7. The molecule has 0 aliphatic rings. The number of pyridine rings is 1. The summed E-state index contributed by atoms with van der Waals surface area (Å²) in [5.74, 6) is 1.17. The normalized spacial score (nSPS) is 9.14. The molecule has 0 saturated heterocycles. The third-order valence-corrected chi connectivity index (χ3v) is 2.46. The van der Waals surface area contributed by atoms with E-state index in [2.05, 4.69) is 20.4 Å². The van der Waals surface area contributed by atoms with E-state index >= 15 is 0 Å². The van der Waals surface area contributed by atoms with Crippen LogP contribution in [0.25, 0.3) is 11.1 Å². The molecule has 21 heavy (non-hydrogen) atoms. The van der Waals surface area contributed by atoms with Crippen LogP contribution in [0, 0.1) is 0 Å². The highest BCUT2D eigenvalue weighted by molar-refractivity contribution is 5.62. The lowest BCUT2D eigenvalue weighted by Gasteiger charge is -2.03. The van der Waals surface area contributed by atoms with Crippen molar-refractivity contribution in [2.75, 3.05) is 0 Å². The first-order valence-electron chi connectivity index (χ1n) is 5.87. The standard InChI is InChI=1S/C13H10N4O.CO2/c1-2-11(8-14-7-1)10-3-5-12(6-4-10)18-13-9-15-17-16-13;2-1-3/h1-9H,(H,15,16,17);. The summed E-state index contributed by atoms with van der Waals surface area (Å²) in [6.45, 7) is 0. The lowest BCUT2D eigenvalue weighted by Crippen LogP contribution is -1.85. The highest BCUT2D eigenvalue weighted by Crippen LogP contribution is 2.23.